The first-order valence-corrected chi connectivity index (χ1v) is 5.14. The van der Waals surface area contributed by atoms with Crippen molar-refractivity contribution in [2.24, 2.45) is 0 Å². The molecule has 18 heavy (non-hydrogen) atoms. The average Bonchev–Trinajstić information content (AvgIpc) is 2.28. The quantitative estimate of drug-likeness (QED) is 0.664. The molecule has 0 unspecified atom stereocenters. The van der Waals surface area contributed by atoms with E-state index in [0.717, 1.165) is 6.20 Å². The van der Waals surface area contributed by atoms with Crippen LogP contribution in [-0.4, -0.2) is 15.0 Å². The summed E-state index contributed by atoms with van der Waals surface area (Å²) in [7, 11) is 0. The highest BCUT2D eigenvalue weighted by Gasteiger charge is 2.12. The third kappa shape index (κ3) is 2.54. The fraction of sp³-hybridized carbons (Fsp3) is 0.0833. The number of aromatic nitrogens is 1. The lowest BCUT2D eigenvalue weighted by molar-refractivity contribution is -0.385. The third-order valence-electron chi connectivity index (χ3n) is 2.29. The van der Waals surface area contributed by atoms with E-state index in [1.54, 1.807) is 19.1 Å². The standard InChI is InChI=1S/C12H10N2O4/c1-8-5-12(13-7-11(8)14(16)17)18-10-4-2-3-9(15)6-10/h2-7,15H,1H3. The van der Waals surface area contributed by atoms with Gasteiger partial charge in [-0.25, -0.2) is 4.98 Å². The summed E-state index contributed by atoms with van der Waals surface area (Å²) in [6, 6.07) is 7.70. The predicted octanol–water partition coefficient (Wildman–Crippen LogP) is 2.80. The van der Waals surface area contributed by atoms with Gasteiger partial charge in [0.2, 0.25) is 5.88 Å². The molecule has 0 radical (unpaired) electrons. The molecule has 92 valence electrons. The topological polar surface area (TPSA) is 85.5 Å². The number of nitro groups is 1. The number of aromatic hydroxyl groups is 1. The molecule has 0 bridgehead atoms. The van der Waals surface area contributed by atoms with Gasteiger partial charge in [-0.05, 0) is 19.1 Å². The van der Waals surface area contributed by atoms with Crippen LogP contribution in [0.3, 0.4) is 0 Å². The molecular formula is C12H10N2O4. The molecule has 6 heteroatoms. The van der Waals surface area contributed by atoms with Crippen molar-refractivity contribution in [2.45, 2.75) is 6.92 Å². The molecule has 1 aromatic heterocycles. The van der Waals surface area contributed by atoms with Gasteiger partial charge >= 0.3 is 0 Å². The van der Waals surface area contributed by atoms with E-state index in [2.05, 4.69) is 4.98 Å². The number of hydrogen-bond donors (Lipinski definition) is 1. The predicted molar refractivity (Wildman–Crippen MR) is 63.8 cm³/mol. The van der Waals surface area contributed by atoms with Gasteiger partial charge in [0, 0.05) is 17.7 Å². The summed E-state index contributed by atoms with van der Waals surface area (Å²) >= 11 is 0. The van der Waals surface area contributed by atoms with E-state index in [4.69, 9.17) is 4.74 Å². The summed E-state index contributed by atoms with van der Waals surface area (Å²) in [5, 5.41) is 19.9. The van der Waals surface area contributed by atoms with E-state index < -0.39 is 4.92 Å². The maximum Gasteiger partial charge on any atom is 0.290 e. The molecular weight excluding hydrogens is 236 g/mol. The van der Waals surface area contributed by atoms with Crippen molar-refractivity contribution in [1.29, 1.82) is 0 Å². The van der Waals surface area contributed by atoms with E-state index in [-0.39, 0.29) is 17.3 Å². The zero-order valence-corrected chi connectivity index (χ0v) is 9.53. The molecule has 0 aliphatic heterocycles. The van der Waals surface area contributed by atoms with Crippen LogP contribution in [-0.2, 0) is 0 Å². The van der Waals surface area contributed by atoms with Crippen LogP contribution >= 0.6 is 0 Å². The fourth-order valence-electron chi connectivity index (χ4n) is 1.44. The molecule has 1 heterocycles. The van der Waals surface area contributed by atoms with Gasteiger partial charge < -0.3 is 9.84 Å². The number of nitrogens with zero attached hydrogens (tertiary/aromatic N) is 2. The van der Waals surface area contributed by atoms with Crippen molar-refractivity contribution in [1.82, 2.24) is 4.98 Å². The van der Waals surface area contributed by atoms with Gasteiger partial charge in [-0.2, -0.15) is 0 Å². The van der Waals surface area contributed by atoms with Gasteiger partial charge in [-0.15, -0.1) is 0 Å². The van der Waals surface area contributed by atoms with E-state index in [1.807, 2.05) is 0 Å². The van der Waals surface area contributed by atoms with Gasteiger partial charge in [-0.1, -0.05) is 6.07 Å². The summed E-state index contributed by atoms with van der Waals surface area (Å²) in [6.45, 7) is 1.61. The average molecular weight is 246 g/mol. The Morgan fingerprint density at radius 2 is 2.17 bits per heavy atom. The van der Waals surface area contributed by atoms with E-state index in [0.29, 0.717) is 11.3 Å². The second-order valence-corrected chi connectivity index (χ2v) is 3.67. The lowest BCUT2D eigenvalue weighted by Crippen LogP contribution is -1.95. The summed E-state index contributed by atoms with van der Waals surface area (Å²) in [5.74, 6) is 0.727. The van der Waals surface area contributed by atoms with Crippen LogP contribution in [0.5, 0.6) is 17.4 Å². The van der Waals surface area contributed by atoms with E-state index >= 15 is 0 Å². The summed E-state index contributed by atoms with van der Waals surface area (Å²) < 4.78 is 5.38. The number of phenols is 1. The molecule has 2 rings (SSSR count). The van der Waals surface area contributed by atoms with Gasteiger partial charge in [0.05, 0.1) is 4.92 Å². The van der Waals surface area contributed by atoms with Gasteiger partial charge in [0.25, 0.3) is 5.69 Å². The Balaban J connectivity index is 2.25. The minimum atomic E-state index is -0.500. The Morgan fingerprint density at radius 3 is 2.78 bits per heavy atom. The highest BCUT2D eigenvalue weighted by Crippen LogP contribution is 2.26. The highest BCUT2D eigenvalue weighted by molar-refractivity contribution is 5.41. The number of hydrogen-bond acceptors (Lipinski definition) is 5. The zero-order valence-electron chi connectivity index (χ0n) is 9.53. The maximum absolute atomic E-state index is 10.6. The first kappa shape index (κ1) is 11.8. The zero-order chi connectivity index (χ0) is 13.1. The van der Waals surface area contributed by atoms with E-state index in [1.165, 1.54) is 18.2 Å². The molecule has 0 atom stereocenters. The lowest BCUT2D eigenvalue weighted by Gasteiger charge is -2.05. The number of phenolic OH excluding ortho intramolecular Hbond substituents is 1. The molecule has 0 fully saturated rings. The molecule has 6 nitrogen and oxygen atoms in total. The second-order valence-electron chi connectivity index (χ2n) is 3.67. The molecule has 2 aromatic rings. The van der Waals surface area contributed by atoms with Crippen molar-refractivity contribution in [3.63, 3.8) is 0 Å². The van der Waals surface area contributed by atoms with Gasteiger partial charge in [0.1, 0.15) is 17.7 Å². The van der Waals surface area contributed by atoms with Crippen molar-refractivity contribution in [3.05, 3.63) is 52.2 Å². The van der Waals surface area contributed by atoms with Crippen molar-refractivity contribution < 1.29 is 14.8 Å². The molecule has 0 amide bonds. The molecule has 1 aromatic carbocycles. The fourth-order valence-corrected chi connectivity index (χ4v) is 1.44. The van der Waals surface area contributed by atoms with Crippen molar-refractivity contribution >= 4 is 5.69 Å². The number of ether oxygens (including phenoxy) is 1. The van der Waals surface area contributed by atoms with Crippen LogP contribution in [0.15, 0.2) is 36.5 Å². The number of rotatable bonds is 3. The largest absolute Gasteiger partial charge is 0.508 e. The minimum Gasteiger partial charge on any atom is -0.508 e. The number of pyridine rings is 1. The van der Waals surface area contributed by atoms with Crippen LogP contribution in [0.2, 0.25) is 0 Å². The van der Waals surface area contributed by atoms with Crippen LogP contribution in [0.25, 0.3) is 0 Å². The van der Waals surface area contributed by atoms with Crippen LogP contribution < -0.4 is 4.74 Å². The van der Waals surface area contributed by atoms with Crippen molar-refractivity contribution in [2.75, 3.05) is 0 Å². The smallest absolute Gasteiger partial charge is 0.290 e. The minimum absolute atomic E-state index is 0.0572. The Labute approximate surface area is 103 Å². The number of benzene rings is 1. The summed E-state index contributed by atoms with van der Waals surface area (Å²) in [6.07, 6.45) is 1.15. The van der Waals surface area contributed by atoms with Crippen molar-refractivity contribution in [3.8, 4) is 17.4 Å². The Hall–Kier alpha value is -2.63. The summed E-state index contributed by atoms with van der Waals surface area (Å²) in [4.78, 5) is 14.0. The third-order valence-corrected chi connectivity index (χ3v) is 2.29. The monoisotopic (exact) mass is 246 g/mol. The Bertz CT molecular complexity index is 598. The molecule has 0 aliphatic rings. The SMILES string of the molecule is Cc1cc(Oc2cccc(O)c2)ncc1[N+](=O)[O-]. The first-order valence-electron chi connectivity index (χ1n) is 5.14. The molecule has 1 N–H and O–H groups in total. The molecule has 0 aliphatic carbocycles. The molecule has 0 saturated carbocycles. The van der Waals surface area contributed by atoms with Crippen LogP contribution in [0, 0.1) is 17.0 Å². The highest BCUT2D eigenvalue weighted by atomic mass is 16.6. The van der Waals surface area contributed by atoms with Gasteiger partial charge in [-0.3, -0.25) is 10.1 Å². The maximum atomic E-state index is 10.6. The normalized spacial score (nSPS) is 10.1. The Morgan fingerprint density at radius 1 is 1.39 bits per heavy atom. The molecule has 0 spiro atoms. The first-order chi connectivity index (χ1) is 8.56. The summed E-state index contributed by atoms with van der Waals surface area (Å²) in [5.41, 5.74) is 0.406. The van der Waals surface area contributed by atoms with Crippen LogP contribution in [0.4, 0.5) is 5.69 Å². The molecule has 0 saturated heterocycles. The lowest BCUT2D eigenvalue weighted by atomic mass is 10.2. The van der Waals surface area contributed by atoms with Gasteiger partial charge in [0.15, 0.2) is 0 Å². The van der Waals surface area contributed by atoms with E-state index in [9.17, 15) is 15.2 Å². The number of aryl methyl sites for hydroxylation is 1. The Kier molecular flexibility index (Phi) is 3.09. The van der Waals surface area contributed by atoms with Crippen LogP contribution in [0.1, 0.15) is 5.56 Å². The second kappa shape index (κ2) is 4.70.